The van der Waals surface area contributed by atoms with E-state index < -0.39 is 11.7 Å². The van der Waals surface area contributed by atoms with E-state index in [1.54, 1.807) is 18.2 Å². The number of rotatable bonds is 6. The fraction of sp³-hybridized carbons (Fsp3) is 0.300. The Morgan fingerprint density at radius 3 is 2.67 bits per heavy atom. The van der Waals surface area contributed by atoms with Gasteiger partial charge in [-0.25, -0.2) is 4.39 Å². The summed E-state index contributed by atoms with van der Waals surface area (Å²) in [4.78, 5) is 23.2. The summed E-state index contributed by atoms with van der Waals surface area (Å²) >= 11 is 5.75. The van der Waals surface area contributed by atoms with Gasteiger partial charge in [0.15, 0.2) is 11.6 Å². The van der Waals surface area contributed by atoms with Crippen LogP contribution in [0.4, 0.5) is 4.39 Å². The van der Waals surface area contributed by atoms with Gasteiger partial charge in [0.1, 0.15) is 5.75 Å². The van der Waals surface area contributed by atoms with Crippen molar-refractivity contribution in [3.05, 3.63) is 59.4 Å². The average molecular weight is 391 g/mol. The highest BCUT2D eigenvalue weighted by atomic mass is 35.5. The number of carbonyl (C=O) groups excluding carboxylic acids is 2. The van der Waals surface area contributed by atoms with E-state index in [0.29, 0.717) is 30.2 Å². The van der Waals surface area contributed by atoms with Gasteiger partial charge in [0.2, 0.25) is 11.8 Å². The lowest BCUT2D eigenvalue weighted by atomic mass is 9.95. The first-order valence-corrected chi connectivity index (χ1v) is 9.16. The molecule has 0 radical (unpaired) electrons. The number of ether oxygens (including phenoxy) is 1. The maximum atomic E-state index is 14.5. The Hall–Kier alpha value is -2.60. The Balaban J connectivity index is 1.68. The van der Waals surface area contributed by atoms with Crippen LogP contribution in [-0.4, -0.2) is 24.4 Å². The molecule has 5 nitrogen and oxygen atoms in total. The Kier molecular flexibility index (Phi) is 5.96. The molecule has 1 saturated heterocycles. The van der Waals surface area contributed by atoms with Gasteiger partial charge in [0.05, 0.1) is 5.92 Å². The van der Waals surface area contributed by atoms with Gasteiger partial charge in [-0.1, -0.05) is 18.2 Å². The second-order valence-electron chi connectivity index (χ2n) is 6.50. The number of hydrogen-bond donors (Lipinski definition) is 2. The average Bonchev–Trinajstić information content (AvgIpc) is 3.03. The lowest BCUT2D eigenvalue weighted by Crippen LogP contribution is -2.37. The minimum absolute atomic E-state index is 0.0885. The third kappa shape index (κ3) is 4.77. The molecule has 2 amide bonds. The van der Waals surface area contributed by atoms with Gasteiger partial charge in [0.25, 0.3) is 0 Å². The van der Waals surface area contributed by atoms with Gasteiger partial charge in [-0.2, -0.15) is 0 Å². The maximum absolute atomic E-state index is 14.5. The molecule has 1 heterocycles. The zero-order chi connectivity index (χ0) is 19.4. The summed E-state index contributed by atoms with van der Waals surface area (Å²) in [5.41, 5.74) is 1.53. The molecule has 1 unspecified atom stereocenters. The number of hydrogen-bond acceptors (Lipinski definition) is 3. The zero-order valence-electron chi connectivity index (χ0n) is 14.8. The van der Waals surface area contributed by atoms with Crippen molar-refractivity contribution in [1.29, 1.82) is 0 Å². The molecule has 0 saturated carbocycles. The highest BCUT2D eigenvalue weighted by molar-refractivity contribution is 6.17. The number of carbonyl (C=O) groups is 2. The molecule has 3 rings (SSSR count). The summed E-state index contributed by atoms with van der Waals surface area (Å²) in [6.45, 7) is 1.78. The third-order valence-electron chi connectivity index (χ3n) is 4.44. The van der Waals surface area contributed by atoms with Crippen LogP contribution in [0, 0.1) is 5.82 Å². The zero-order valence-corrected chi connectivity index (χ0v) is 15.6. The lowest BCUT2D eigenvalue weighted by Gasteiger charge is -2.12. The van der Waals surface area contributed by atoms with Crippen LogP contribution in [0.15, 0.2) is 42.5 Å². The molecule has 0 aliphatic carbocycles. The molecule has 1 aliphatic heterocycles. The molecule has 2 aromatic carbocycles. The van der Waals surface area contributed by atoms with Gasteiger partial charge in [-0.05, 0) is 41.8 Å². The predicted octanol–water partition coefficient (Wildman–Crippen LogP) is 3.47. The van der Waals surface area contributed by atoms with Crippen molar-refractivity contribution in [2.45, 2.75) is 31.2 Å². The fourth-order valence-electron chi connectivity index (χ4n) is 3.03. The number of alkyl halides is 1. The van der Waals surface area contributed by atoms with E-state index in [-0.39, 0.29) is 23.6 Å². The van der Waals surface area contributed by atoms with E-state index >= 15 is 0 Å². The van der Waals surface area contributed by atoms with Crippen molar-refractivity contribution in [3.8, 4) is 11.5 Å². The molecule has 7 heteroatoms. The highest BCUT2D eigenvalue weighted by Gasteiger charge is 2.33. The number of benzene rings is 2. The smallest absolute Gasteiger partial charge is 0.227 e. The first-order chi connectivity index (χ1) is 13.0. The largest absolute Gasteiger partial charge is 0.454 e. The maximum Gasteiger partial charge on any atom is 0.227 e. The molecule has 142 valence electrons. The molecule has 2 atom stereocenters. The number of halogens is 2. The number of amides is 2. The van der Waals surface area contributed by atoms with Gasteiger partial charge in [-0.15, -0.1) is 11.6 Å². The van der Waals surface area contributed by atoms with Gasteiger partial charge < -0.3 is 15.4 Å². The van der Waals surface area contributed by atoms with Crippen LogP contribution in [0.2, 0.25) is 0 Å². The van der Waals surface area contributed by atoms with Gasteiger partial charge >= 0.3 is 0 Å². The minimum atomic E-state index is -0.535. The molecular formula is C20H20ClFN2O3. The molecule has 0 aromatic heterocycles. The molecule has 1 fully saturated rings. The van der Waals surface area contributed by atoms with Crippen LogP contribution in [0.1, 0.15) is 30.4 Å². The summed E-state index contributed by atoms with van der Waals surface area (Å²) in [7, 11) is 0. The lowest BCUT2D eigenvalue weighted by molar-refractivity contribution is -0.121. The van der Waals surface area contributed by atoms with Crippen molar-refractivity contribution in [1.82, 2.24) is 10.6 Å². The summed E-state index contributed by atoms with van der Waals surface area (Å²) in [5, 5.41) is 5.50. The standard InChI is InChI=1S/C20H20ClFN2O3/c1-12(25)23-11-15-9-17(20(26)24-15)14-4-7-19(18(22)8-14)27-16-5-2-13(10-21)3-6-16/h2-8,15,17H,9-11H2,1H3,(H,23,25)(H,24,26)/t15-,17?/m0/s1. The van der Waals surface area contributed by atoms with Crippen molar-refractivity contribution < 1.29 is 18.7 Å². The normalized spacial score (nSPS) is 18.9. The Bertz CT molecular complexity index is 842. The molecule has 1 aliphatic rings. The Morgan fingerprint density at radius 2 is 2.04 bits per heavy atom. The monoisotopic (exact) mass is 390 g/mol. The molecule has 0 bridgehead atoms. The highest BCUT2D eigenvalue weighted by Crippen LogP contribution is 2.31. The van der Waals surface area contributed by atoms with Crippen molar-refractivity contribution in [3.63, 3.8) is 0 Å². The van der Waals surface area contributed by atoms with Crippen LogP contribution >= 0.6 is 11.6 Å². The fourth-order valence-corrected chi connectivity index (χ4v) is 3.21. The van der Waals surface area contributed by atoms with E-state index in [1.807, 2.05) is 12.1 Å². The third-order valence-corrected chi connectivity index (χ3v) is 4.75. The number of nitrogens with one attached hydrogen (secondary N) is 2. The molecular weight excluding hydrogens is 371 g/mol. The quantitative estimate of drug-likeness (QED) is 0.742. The summed E-state index contributed by atoms with van der Waals surface area (Å²) in [5.74, 6) is -0.317. The minimum Gasteiger partial charge on any atom is -0.454 e. The Morgan fingerprint density at radius 1 is 1.30 bits per heavy atom. The van der Waals surface area contributed by atoms with Crippen molar-refractivity contribution in [2.24, 2.45) is 0 Å². The second kappa shape index (κ2) is 8.39. The van der Waals surface area contributed by atoms with E-state index in [0.717, 1.165) is 5.56 Å². The van der Waals surface area contributed by atoms with Gasteiger partial charge in [0, 0.05) is 25.4 Å². The molecule has 2 aromatic rings. The molecule has 2 N–H and O–H groups in total. The van der Waals surface area contributed by atoms with Crippen molar-refractivity contribution >= 4 is 23.4 Å². The summed E-state index contributed by atoms with van der Waals surface area (Å²) < 4.78 is 20.1. The van der Waals surface area contributed by atoms with E-state index in [9.17, 15) is 14.0 Å². The van der Waals surface area contributed by atoms with Crippen LogP contribution in [0.25, 0.3) is 0 Å². The first kappa shape index (κ1) is 19.2. The first-order valence-electron chi connectivity index (χ1n) is 8.63. The van der Waals surface area contributed by atoms with Crippen LogP contribution < -0.4 is 15.4 Å². The predicted molar refractivity (Wildman–Crippen MR) is 100 cm³/mol. The molecule has 0 spiro atoms. The van der Waals surface area contributed by atoms with E-state index in [2.05, 4.69) is 10.6 Å². The van der Waals surface area contributed by atoms with Crippen LogP contribution in [-0.2, 0) is 15.5 Å². The topological polar surface area (TPSA) is 67.4 Å². The Labute approximate surface area is 161 Å². The van der Waals surface area contributed by atoms with E-state index in [1.165, 1.54) is 19.1 Å². The van der Waals surface area contributed by atoms with E-state index in [4.69, 9.17) is 16.3 Å². The SMILES string of the molecule is CC(=O)NC[C@@H]1CC(c2ccc(Oc3ccc(CCl)cc3)c(F)c2)C(=O)N1. The van der Waals surface area contributed by atoms with Gasteiger partial charge in [-0.3, -0.25) is 9.59 Å². The molecule has 27 heavy (non-hydrogen) atoms. The summed E-state index contributed by atoms with van der Waals surface area (Å²) in [6.07, 6.45) is 0.499. The second-order valence-corrected chi connectivity index (χ2v) is 6.77. The van der Waals surface area contributed by atoms with Crippen LogP contribution in [0.5, 0.6) is 11.5 Å². The van der Waals surface area contributed by atoms with Crippen molar-refractivity contribution in [2.75, 3.05) is 6.54 Å². The van der Waals surface area contributed by atoms with Crippen LogP contribution in [0.3, 0.4) is 0 Å². The summed E-state index contributed by atoms with van der Waals surface area (Å²) in [6, 6.07) is 11.5.